The number of hydrogen-bond donors (Lipinski definition) is 1. The maximum Gasteiger partial charge on any atom is 0.327 e. The summed E-state index contributed by atoms with van der Waals surface area (Å²) in [7, 11) is 0. The summed E-state index contributed by atoms with van der Waals surface area (Å²) in [4.78, 5) is 11.0. The first-order valence-corrected chi connectivity index (χ1v) is 4.97. The molecule has 2 amide bonds. The van der Waals surface area contributed by atoms with Gasteiger partial charge in [-0.3, -0.25) is 4.31 Å². The quantitative estimate of drug-likeness (QED) is 0.517. The van der Waals surface area contributed by atoms with Crippen LogP contribution in [-0.2, 0) is 0 Å². The largest absolute Gasteiger partial charge is 0.335 e. The summed E-state index contributed by atoms with van der Waals surface area (Å²) >= 11 is 1.64. The van der Waals surface area contributed by atoms with Crippen LogP contribution in [0.5, 0.6) is 0 Å². The Balaban J connectivity index is 2.10. The van der Waals surface area contributed by atoms with Crippen LogP contribution in [0.1, 0.15) is 19.8 Å². The summed E-state index contributed by atoms with van der Waals surface area (Å²) in [5, 5.41) is 2.76. The van der Waals surface area contributed by atoms with Gasteiger partial charge in [0.2, 0.25) is 0 Å². The molecule has 11 heavy (non-hydrogen) atoms. The van der Waals surface area contributed by atoms with E-state index in [-0.39, 0.29) is 6.03 Å². The van der Waals surface area contributed by atoms with E-state index >= 15 is 0 Å². The molecule has 1 saturated heterocycles. The number of urea groups is 1. The minimum atomic E-state index is 0.0751. The highest BCUT2D eigenvalue weighted by Gasteiger charge is 2.18. The van der Waals surface area contributed by atoms with E-state index in [1.165, 1.54) is 12.8 Å². The Morgan fingerprint density at radius 3 is 3.09 bits per heavy atom. The van der Waals surface area contributed by atoms with Gasteiger partial charge in [0.25, 0.3) is 0 Å². The van der Waals surface area contributed by atoms with Crippen LogP contribution >= 0.6 is 11.9 Å². The van der Waals surface area contributed by atoms with Crippen molar-refractivity contribution in [3.63, 3.8) is 0 Å². The van der Waals surface area contributed by atoms with Crippen LogP contribution in [-0.4, -0.2) is 29.2 Å². The third kappa shape index (κ3) is 2.61. The van der Waals surface area contributed by atoms with Crippen molar-refractivity contribution < 1.29 is 4.79 Å². The third-order valence-corrected chi connectivity index (χ3v) is 2.69. The second-order valence-corrected chi connectivity index (χ2v) is 3.63. The van der Waals surface area contributed by atoms with Crippen molar-refractivity contribution in [3.8, 4) is 0 Å². The number of carbonyl (C=O) groups excluding carboxylic acids is 1. The number of carbonyl (C=O) groups is 1. The molecule has 0 radical (unpaired) electrons. The van der Waals surface area contributed by atoms with Crippen LogP contribution in [0.4, 0.5) is 4.79 Å². The molecule has 0 aromatic carbocycles. The van der Waals surface area contributed by atoms with Crippen molar-refractivity contribution in [3.05, 3.63) is 0 Å². The van der Waals surface area contributed by atoms with E-state index in [4.69, 9.17) is 0 Å². The molecule has 64 valence electrons. The van der Waals surface area contributed by atoms with Gasteiger partial charge in [-0.05, 0) is 18.4 Å². The van der Waals surface area contributed by atoms with Crippen molar-refractivity contribution in [1.29, 1.82) is 0 Å². The second kappa shape index (κ2) is 4.49. The molecule has 4 heteroatoms. The third-order valence-electron chi connectivity index (χ3n) is 1.56. The van der Waals surface area contributed by atoms with E-state index in [0.717, 1.165) is 18.8 Å². The monoisotopic (exact) mass is 174 g/mol. The highest BCUT2D eigenvalue weighted by Crippen LogP contribution is 2.14. The fraction of sp³-hybridized carbons (Fsp3) is 0.857. The lowest BCUT2D eigenvalue weighted by Crippen LogP contribution is -2.22. The first-order chi connectivity index (χ1) is 5.34. The first kappa shape index (κ1) is 8.71. The number of amides is 2. The zero-order valence-corrected chi connectivity index (χ0v) is 7.62. The summed E-state index contributed by atoms with van der Waals surface area (Å²) in [5.74, 6) is 1.06. The zero-order chi connectivity index (χ0) is 8.10. The standard InChI is InChI=1S/C7H14N2OS/c1-2-3-6-11-9-5-4-8-7(9)10/h2-6H2,1H3,(H,8,10). The van der Waals surface area contributed by atoms with Crippen molar-refractivity contribution >= 4 is 18.0 Å². The van der Waals surface area contributed by atoms with Crippen LogP contribution in [0, 0.1) is 0 Å². The molecule has 1 fully saturated rings. The van der Waals surface area contributed by atoms with Crippen LogP contribution in [0.3, 0.4) is 0 Å². The van der Waals surface area contributed by atoms with Crippen LogP contribution in [0.15, 0.2) is 0 Å². The van der Waals surface area contributed by atoms with E-state index in [1.807, 2.05) is 0 Å². The number of rotatable bonds is 4. The van der Waals surface area contributed by atoms with Crippen LogP contribution in [0.25, 0.3) is 0 Å². The Bertz CT molecular complexity index is 140. The summed E-state index contributed by atoms with van der Waals surface area (Å²) in [6, 6.07) is 0.0751. The van der Waals surface area contributed by atoms with Crippen LogP contribution in [0.2, 0.25) is 0 Å². The van der Waals surface area contributed by atoms with Gasteiger partial charge in [0.15, 0.2) is 0 Å². The Morgan fingerprint density at radius 1 is 1.73 bits per heavy atom. The van der Waals surface area contributed by atoms with Crippen molar-refractivity contribution in [2.24, 2.45) is 0 Å². The van der Waals surface area contributed by atoms with Gasteiger partial charge in [-0.2, -0.15) is 0 Å². The summed E-state index contributed by atoms with van der Waals surface area (Å²) < 4.78 is 1.80. The van der Waals surface area contributed by atoms with Crippen molar-refractivity contribution in [2.75, 3.05) is 18.8 Å². The number of nitrogens with zero attached hydrogens (tertiary/aromatic N) is 1. The van der Waals surface area contributed by atoms with E-state index < -0.39 is 0 Å². The predicted molar refractivity (Wildman–Crippen MR) is 47.5 cm³/mol. The number of nitrogens with one attached hydrogen (secondary N) is 1. The zero-order valence-electron chi connectivity index (χ0n) is 6.80. The predicted octanol–water partition coefficient (Wildman–Crippen LogP) is 1.46. The van der Waals surface area contributed by atoms with Crippen molar-refractivity contribution in [2.45, 2.75) is 19.8 Å². The highest BCUT2D eigenvalue weighted by atomic mass is 32.2. The van der Waals surface area contributed by atoms with Gasteiger partial charge >= 0.3 is 6.03 Å². The Hall–Kier alpha value is -0.380. The van der Waals surface area contributed by atoms with Gasteiger partial charge in [0.1, 0.15) is 0 Å². The van der Waals surface area contributed by atoms with Gasteiger partial charge in [-0.1, -0.05) is 13.3 Å². The Labute approximate surface area is 71.7 Å². The average Bonchev–Trinajstić information content (AvgIpc) is 2.37. The molecule has 0 aromatic heterocycles. The first-order valence-electron chi connectivity index (χ1n) is 4.03. The number of unbranched alkanes of at least 4 members (excludes halogenated alkanes) is 1. The molecule has 0 unspecified atom stereocenters. The summed E-state index contributed by atoms with van der Waals surface area (Å²) in [6.07, 6.45) is 2.39. The lowest BCUT2D eigenvalue weighted by molar-refractivity contribution is 0.238. The molecule has 1 aliphatic heterocycles. The molecule has 0 bridgehead atoms. The fourth-order valence-corrected chi connectivity index (χ4v) is 1.94. The summed E-state index contributed by atoms with van der Waals surface area (Å²) in [5.41, 5.74) is 0. The molecule has 0 aromatic rings. The Morgan fingerprint density at radius 2 is 2.55 bits per heavy atom. The second-order valence-electron chi connectivity index (χ2n) is 2.52. The molecule has 1 N–H and O–H groups in total. The topological polar surface area (TPSA) is 32.3 Å². The van der Waals surface area contributed by atoms with Crippen molar-refractivity contribution in [1.82, 2.24) is 9.62 Å². The molecule has 1 aliphatic rings. The maximum atomic E-state index is 11.0. The van der Waals surface area contributed by atoms with Gasteiger partial charge in [-0.25, -0.2) is 4.79 Å². The molecule has 1 rings (SSSR count). The van der Waals surface area contributed by atoms with Gasteiger partial charge in [-0.15, -0.1) is 0 Å². The smallest absolute Gasteiger partial charge is 0.327 e. The van der Waals surface area contributed by atoms with Gasteiger partial charge in [0, 0.05) is 12.3 Å². The fourth-order valence-electron chi connectivity index (χ4n) is 0.896. The van der Waals surface area contributed by atoms with Gasteiger partial charge in [0.05, 0.1) is 6.54 Å². The maximum absolute atomic E-state index is 11.0. The van der Waals surface area contributed by atoms with Crippen LogP contribution < -0.4 is 5.32 Å². The molecule has 1 heterocycles. The molecule has 0 spiro atoms. The molecular weight excluding hydrogens is 160 g/mol. The van der Waals surface area contributed by atoms with E-state index in [0.29, 0.717) is 0 Å². The van der Waals surface area contributed by atoms with E-state index in [9.17, 15) is 4.79 Å². The molecular formula is C7H14N2OS. The lowest BCUT2D eigenvalue weighted by atomic mass is 10.4. The molecule has 0 saturated carbocycles. The lowest BCUT2D eigenvalue weighted by Gasteiger charge is -2.11. The minimum absolute atomic E-state index is 0.0751. The number of hydrogen-bond acceptors (Lipinski definition) is 2. The normalized spacial score (nSPS) is 17.2. The molecule has 3 nitrogen and oxygen atoms in total. The van der Waals surface area contributed by atoms with E-state index in [1.54, 1.807) is 16.3 Å². The minimum Gasteiger partial charge on any atom is -0.335 e. The molecule has 0 atom stereocenters. The SMILES string of the molecule is CCCCSN1CCNC1=O. The van der Waals surface area contributed by atoms with Gasteiger partial charge < -0.3 is 5.32 Å². The van der Waals surface area contributed by atoms with E-state index in [2.05, 4.69) is 12.2 Å². The average molecular weight is 174 g/mol. The Kier molecular flexibility index (Phi) is 3.56. The highest BCUT2D eigenvalue weighted by molar-refractivity contribution is 7.97. The molecule has 0 aliphatic carbocycles. The summed E-state index contributed by atoms with van der Waals surface area (Å²) in [6.45, 7) is 3.82.